The summed E-state index contributed by atoms with van der Waals surface area (Å²) in [4.78, 5) is 0. The van der Waals surface area contributed by atoms with Gasteiger partial charge in [0.2, 0.25) is 0 Å². The molecule has 0 radical (unpaired) electrons. The third kappa shape index (κ3) is 3.96. The highest BCUT2D eigenvalue weighted by molar-refractivity contribution is 5.34. The Balaban J connectivity index is 2.15. The number of hydrogen-bond donors (Lipinski definition) is 1. The minimum absolute atomic E-state index is 0.171. The van der Waals surface area contributed by atoms with Crippen molar-refractivity contribution >= 4 is 0 Å². The number of benzene rings is 2. The molecule has 2 N–H and O–H groups in total. The fourth-order valence-corrected chi connectivity index (χ4v) is 2.59. The minimum atomic E-state index is 0.171. The van der Waals surface area contributed by atoms with Crippen LogP contribution < -0.4 is 5.73 Å². The molecule has 2 heteroatoms. The predicted molar refractivity (Wildman–Crippen MR) is 91.8 cm³/mol. The Morgan fingerprint density at radius 3 is 2.05 bits per heavy atom. The molecule has 0 aromatic heterocycles. The van der Waals surface area contributed by atoms with Gasteiger partial charge in [0.1, 0.15) is 0 Å². The van der Waals surface area contributed by atoms with E-state index in [1.165, 1.54) is 16.7 Å². The summed E-state index contributed by atoms with van der Waals surface area (Å²) in [5.41, 5.74) is 10.7. The summed E-state index contributed by atoms with van der Waals surface area (Å²) < 4.78 is 0. The quantitative estimate of drug-likeness (QED) is 0.920. The van der Waals surface area contributed by atoms with Crippen LogP contribution in [0, 0.1) is 11.3 Å². The van der Waals surface area contributed by atoms with Crippen LogP contribution in [-0.4, -0.2) is 6.54 Å². The van der Waals surface area contributed by atoms with Gasteiger partial charge in [0.25, 0.3) is 0 Å². The smallest absolute Gasteiger partial charge is 0.0991 e. The molecule has 114 valence electrons. The summed E-state index contributed by atoms with van der Waals surface area (Å²) in [6.07, 6.45) is 0.900. The van der Waals surface area contributed by atoms with E-state index in [-0.39, 0.29) is 5.41 Å². The molecular formula is C20H24N2. The van der Waals surface area contributed by atoms with E-state index in [1.54, 1.807) is 0 Å². The van der Waals surface area contributed by atoms with E-state index in [0.717, 1.165) is 6.42 Å². The van der Waals surface area contributed by atoms with Crippen molar-refractivity contribution in [1.29, 1.82) is 5.26 Å². The lowest BCUT2D eigenvalue weighted by Crippen LogP contribution is -2.16. The lowest BCUT2D eigenvalue weighted by molar-refractivity contribution is 0.589. The summed E-state index contributed by atoms with van der Waals surface area (Å²) >= 11 is 0. The first kappa shape index (κ1) is 16.3. The maximum atomic E-state index is 8.86. The predicted octanol–water partition coefficient (Wildman–Crippen LogP) is 4.14. The van der Waals surface area contributed by atoms with E-state index in [0.29, 0.717) is 18.0 Å². The molecule has 22 heavy (non-hydrogen) atoms. The van der Waals surface area contributed by atoms with Crippen molar-refractivity contribution in [2.75, 3.05) is 6.54 Å². The van der Waals surface area contributed by atoms with Crippen molar-refractivity contribution in [2.45, 2.75) is 38.5 Å². The molecule has 0 aliphatic carbocycles. The van der Waals surface area contributed by atoms with Gasteiger partial charge in [-0.05, 0) is 47.2 Å². The second-order valence-electron chi connectivity index (χ2n) is 6.82. The van der Waals surface area contributed by atoms with Gasteiger partial charge >= 0.3 is 0 Å². The molecule has 0 aliphatic heterocycles. The summed E-state index contributed by atoms with van der Waals surface area (Å²) in [5, 5.41) is 8.86. The van der Waals surface area contributed by atoms with Crippen LogP contribution in [0.15, 0.2) is 48.5 Å². The first-order valence-electron chi connectivity index (χ1n) is 7.73. The van der Waals surface area contributed by atoms with E-state index < -0.39 is 0 Å². The van der Waals surface area contributed by atoms with Crippen molar-refractivity contribution in [3.63, 3.8) is 0 Å². The average molecular weight is 292 g/mol. The average Bonchev–Trinajstić information content (AvgIpc) is 2.52. The summed E-state index contributed by atoms with van der Waals surface area (Å²) in [6.45, 7) is 7.28. The van der Waals surface area contributed by atoms with Crippen LogP contribution in [0.2, 0.25) is 0 Å². The molecule has 0 amide bonds. The van der Waals surface area contributed by atoms with E-state index in [2.05, 4.69) is 51.1 Å². The van der Waals surface area contributed by atoms with Gasteiger partial charge in [-0.15, -0.1) is 0 Å². The lowest BCUT2D eigenvalue weighted by atomic mass is 9.84. The lowest BCUT2D eigenvalue weighted by Gasteiger charge is -2.21. The molecule has 2 nitrogen and oxygen atoms in total. The monoisotopic (exact) mass is 292 g/mol. The molecule has 0 spiro atoms. The van der Waals surface area contributed by atoms with Crippen molar-refractivity contribution in [1.82, 2.24) is 0 Å². The van der Waals surface area contributed by atoms with Gasteiger partial charge in [-0.3, -0.25) is 0 Å². The molecule has 2 rings (SSSR count). The van der Waals surface area contributed by atoms with Gasteiger partial charge in [0.05, 0.1) is 11.6 Å². The van der Waals surface area contributed by atoms with Crippen LogP contribution in [0.4, 0.5) is 0 Å². The van der Waals surface area contributed by atoms with Crippen LogP contribution in [0.1, 0.15) is 48.9 Å². The Bertz CT molecular complexity index is 640. The van der Waals surface area contributed by atoms with Crippen molar-refractivity contribution in [3.8, 4) is 6.07 Å². The number of nitriles is 1. The second-order valence-corrected chi connectivity index (χ2v) is 6.82. The Labute approximate surface area is 133 Å². The number of hydrogen-bond acceptors (Lipinski definition) is 2. The normalized spacial score (nSPS) is 12.7. The van der Waals surface area contributed by atoms with Crippen LogP contribution in [0.25, 0.3) is 0 Å². The molecule has 0 heterocycles. The Kier molecular flexibility index (Phi) is 5.00. The van der Waals surface area contributed by atoms with Crippen LogP contribution >= 0.6 is 0 Å². The van der Waals surface area contributed by atoms with Gasteiger partial charge in [-0.25, -0.2) is 0 Å². The first-order valence-corrected chi connectivity index (χ1v) is 7.73. The number of rotatable bonds is 4. The molecule has 0 fully saturated rings. The standard InChI is InChI=1S/C20H24N2/c1-20(2,3)19-10-8-17(9-11-19)18(14-22)12-15-4-6-16(13-21)7-5-15/h4-11,18H,12,14,22H2,1-3H3. The minimum Gasteiger partial charge on any atom is -0.330 e. The maximum absolute atomic E-state index is 8.86. The Hall–Kier alpha value is -2.11. The molecule has 1 atom stereocenters. The van der Waals surface area contributed by atoms with Gasteiger partial charge in [-0.1, -0.05) is 57.2 Å². The van der Waals surface area contributed by atoms with Crippen molar-refractivity contribution in [2.24, 2.45) is 5.73 Å². The van der Waals surface area contributed by atoms with Crippen molar-refractivity contribution in [3.05, 3.63) is 70.8 Å². The largest absolute Gasteiger partial charge is 0.330 e. The third-order valence-corrected chi connectivity index (χ3v) is 4.10. The molecule has 0 aliphatic rings. The Morgan fingerprint density at radius 2 is 1.59 bits per heavy atom. The highest BCUT2D eigenvalue weighted by Gasteiger charge is 2.15. The zero-order chi connectivity index (χ0) is 16.2. The number of nitrogens with zero attached hydrogens (tertiary/aromatic N) is 1. The molecule has 2 aromatic carbocycles. The van der Waals surface area contributed by atoms with E-state index in [1.807, 2.05) is 24.3 Å². The van der Waals surface area contributed by atoms with E-state index in [4.69, 9.17) is 11.0 Å². The SMILES string of the molecule is CC(C)(C)c1ccc(C(CN)Cc2ccc(C#N)cc2)cc1. The van der Waals surface area contributed by atoms with E-state index in [9.17, 15) is 0 Å². The fraction of sp³-hybridized carbons (Fsp3) is 0.350. The van der Waals surface area contributed by atoms with Gasteiger partial charge < -0.3 is 5.73 Å². The molecule has 1 unspecified atom stereocenters. The highest BCUT2D eigenvalue weighted by atomic mass is 14.5. The zero-order valence-electron chi connectivity index (χ0n) is 13.6. The van der Waals surface area contributed by atoms with Gasteiger partial charge in [0, 0.05) is 5.92 Å². The summed E-state index contributed by atoms with van der Waals surface area (Å²) in [6, 6.07) is 18.7. The molecule has 0 bridgehead atoms. The maximum Gasteiger partial charge on any atom is 0.0991 e. The molecule has 0 saturated heterocycles. The second kappa shape index (κ2) is 6.77. The van der Waals surface area contributed by atoms with Crippen molar-refractivity contribution < 1.29 is 0 Å². The topological polar surface area (TPSA) is 49.8 Å². The summed E-state index contributed by atoms with van der Waals surface area (Å²) in [7, 11) is 0. The molecule has 2 aromatic rings. The number of nitrogens with two attached hydrogens (primary N) is 1. The first-order chi connectivity index (χ1) is 10.4. The van der Waals surface area contributed by atoms with Crippen LogP contribution in [0.5, 0.6) is 0 Å². The van der Waals surface area contributed by atoms with Crippen LogP contribution in [-0.2, 0) is 11.8 Å². The summed E-state index contributed by atoms with van der Waals surface area (Å²) in [5.74, 6) is 0.307. The third-order valence-electron chi connectivity index (χ3n) is 4.10. The Morgan fingerprint density at radius 1 is 1.00 bits per heavy atom. The zero-order valence-corrected chi connectivity index (χ0v) is 13.6. The highest BCUT2D eigenvalue weighted by Crippen LogP contribution is 2.26. The molecular weight excluding hydrogens is 268 g/mol. The van der Waals surface area contributed by atoms with Crippen LogP contribution in [0.3, 0.4) is 0 Å². The fourth-order valence-electron chi connectivity index (χ4n) is 2.59. The van der Waals surface area contributed by atoms with E-state index >= 15 is 0 Å². The molecule has 0 saturated carbocycles. The van der Waals surface area contributed by atoms with Gasteiger partial charge in [-0.2, -0.15) is 5.26 Å². The van der Waals surface area contributed by atoms with Gasteiger partial charge in [0.15, 0.2) is 0 Å².